The average Bonchev–Trinajstić information content (AvgIpc) is 2.98. The lowest BCUT2D eigenvalue weighted by Gasteiger charge is -2.25. The van der Waals surface area contributed by atoms with E-state index in [0.717, 1.165) is 33.5 Å². The number of nitrogens with two attached hydrogens (primary N) is 2. The fourth-order valence-electron chi connectivity index (χ4n) is 5.30. The van der Waals surface area contributed by atoms with Crippen LogP contribution >= 0.6 is 0 Å². The maximum absolute atomic E-state index is 14.1. The van der Waals surface area contributed by atoms with Crippen LogP contribution in [0.15, 0.2) is 51.7 Å². The first kappa shape index (κ1) is 31.2. The predicted octanol–water partition coefficient (Wildman–Crippen LogP) is 1.89. The first-order valence-electron chi connectivity index (χ1n) is 13.9. The molecule has 230 valence electrons. The summed E-state index contributed by atoms with van der Waals surface area (Å²) < 4.78 is 19.3. The molecule has 3 aromatic rings. The molecule has 0 fully saturated rings. The van der Waals surface area contributed by atoms with Gasteiger partial charge in [-0.25, -0.2) is 14.9 Å². The summed E-state index contributed by atoms with van der Waals surface area (Å²) in [7, 11) is 2.84. The van der Waals surface area contributed by atoms with Gasteiger partial charge in [-0.1, -0.05) is 17.7 Å². The van der Waals surface area contributed by atoms with Crippen molar-refractivity contribution in [3.63, 3.8) is 0 Å². The van der Waals surface area contributed by atoms with Crippen molar-refractivity contribution in [2.45, 2.75) is 47.2 Å². The Labute approximate surface area is 249 Å². The van der Waals surface area contributed by atoms with Crippen molar-refractivity contribution in [1.82, 2.24) is 19.6 Å². The zero-order valence-electron chi connectivity index (χ0n) is 25.4. The second-order valence-corrected chi connectivity index (χ2v) is 10.2. The van der Waals surface area contributed by atoms with E-state index in [2.05, 4.69) is 5.43 Å². The number of hydrogen-bond donors (Lipinski definition) is 4. The van der Waals surface area contributed by atoms with Gasteiger partial charge in [-0.2, -0.15) is 0 Å². The Morgan fingerprint density at radius 1 is 1.12 bits per heavy atom. The van der Waals surface area contributed by atoms with Gasteiger partial charge in [0, 0.05) is 24.7 Å². The predicted molar refractivity (Wildman–Crippen MR) is 160 cm³/mol. The number of amides is 1. The minimum atomic E-state index is -0.921. The van der Waals surface area contributed by atoms with E-state index in [1.165, 1.54) is 11.7 Å². The first-order chi connectivity index (χ1) is 20.5. The molecule has 0 bridgehead atoms. The zero-order chi connectivity index (χ0) is 31.4. The summed E-state index contributed by atoms with van der Waals surface area (Å²) in [5.74, 6) is 5.40. The number of aromatic nitrogens is 2. The van der Waals surface area contributed by atoms with Crippen LogP contribution in [0.4, 0.5) is 5.69 Å². The highest BCUT2D eigenvalue weighted by Gasteiger charge is 2.24. The molecule has 1 aliphatic rings. The van der Waals surface area contributed by atoms with Crippen LogP contribution in [0.5, 0.6) is 11.5 Å². The monoisotopic (exact) mass is 593 g/mol. The summed E-state index contributed by atoms with van der Waals surface area (Å²) in [6.07, 6.45) is 0.593. The highest BCUT2D eigenvalue weighted by molar-refractivity contribution is 5.92. The largest absolute Gasteiger partial charge is 0.493 e. The average molecular weight is 594 g/mol. The lowest BCUT2D eigenvalue weighted by atomic mass is 9.97. The van der Waals surface area contributed by atoms with Crippen LogP contribution in [0.2, 0.25) is 0 Å². The van der Waals surface area contributed by atoms with Gasteiger partial charge in [-0.3, -0.25) is 25.0 Å². The fourth-order valence-corrected chi connectivity index (χ4v) is 5.30. The molecule has 43 heavy (non-hydrogen) atoms. The minimum Gasteiger partial charge on any atom is -0.493 e. The number of nitrogens with zero attached hydrogens (tertiary/aromatic N) is 4. The van der Waals surface area contributed by atoms with Crippen LogP contribution in [0.1, 0.15) is 29.2 Å². The molecule has 0 spiro atoms. The molecular weight excluding hydrogens is 554 g/mol. The number of carbonyl (C=O) groups is 1. The van der Waals surface area contributed by atoms with Crippen LogP contribution in [0.25, 0.3) is 11.3 Å². The van der Waals surface area contributed by atoms with Crippen molar-refractivity contribution in [2.24, 2.45) is 16.6 Å². The van der Waals surface area contributed by atoms with E-state index < -0.39 is 5.91 Å². The molecule has 1 aliphatic heterocycles. The number of fused-ring (bicyclic) bond motifs is 3. The molecular formula is C30H39N7O6. The number of benzene rings is 2. The highest BCUT2D eigenvalue weighted by atomic mass is 16.5. The van der Waals surface area contributed by atoms with E-state index in [1.807, 2.05) is 58.0 Å². The summed E-state index contributed by atoms with van der Waals surface area (Å²) in [5.41, 5.74) is 13.8. The maximum atomic E-state index is 14.1. The number of aryl methyl sites for hydroxylation is 4. The number of hydrazine groups is 1. The molecule has 0 saturated carbocycles. The number of nitrogens with one attached hydrogen (secondary N) is 1. The van der Waals surface area contributed by atoms with Gasteiger partial charge in [0.2, 0.25) is 5.88 Å². The lowest BCUT2D eigenvalue weighted by molar-refractivity contribution is -0.162. The van der Waals surface area contributed by atoms with Crippen molar-refractivity contribution in [3.8, 4) is 22.8 Å². The molecule has 0 radical (unpaired) electrons. The van der Waals surface area contributed by atoms with Gasteiger partial charge in [-0.05, 0) is 62.9 Å². The van der Waals surface area contributed by atoms with Gasteiger partial charge in [0.1, 0.15) is 5.49 Å². The molecule has 1 aromatic heterocycles. The summed E-state index contributed by atoms with van der Waals surface area (Å²) >= 11 is 0. The number of carbonyl (C=O) groups excluding carboxylic acids is 1. The minimum absolute atomic E-state index is 0.0751. The van der Waals surface area contributed by atoms with Crippen molar-refractivity contribution in [3.05, 3.63) is 80.1 Å². The van der Waals surface area contributed by atoms with E-state index in [0.29, 0.717) is 47.3 Å². The first-order valence-corrected chi connectivity index (χ1v) is 13.9. The molecule has 0 unspecified atom stereocenters. The Bertz CT molecular complexity index is 1680. The molecule has 13 heteroatoms. The number of rotatable bonds is 10. The van der Waals surface area contributed by atoms with Crippen molar-refractivity contribution >= 4 is 11.6 Å². The summed E-state index contributed by atoms with van der Waals surface area (Å²) in [5, 5.41) is 11.0. The molecule has 0 atom stereocenters. The Morgan fingerprint density at radius 3 is 2.42 bits per heavy atom. The van der Waals surface area contributed by atoms with E-state index >= 15 is 0 Å². The van der Waals surface area contributed by atoms with E-state index in [4.69, 9.17) is 30.8 Å². The molecule has 2 heterocycles. The highest BCUT2D eigenvalue weighted by Crippen LogP contribution is 2.37. The SMILES string of the molecule is CCOc1cc2c(cc1OC)-c1cc(=Nc3c(C)cc(C)cc3C)n(CCN(O)C(=O)/C(NN)=C(/N)OC)c(=O)n1CC2. The van der Waals surface area contributed by atoms with Crippen molar-refractivity contribution < 1.29 is 24.2 Å². The van der Waals surface area contributed by atoms with Crippen LogP contribution < -0.4 is 37.7 Å². The Morgan fingerprint density at radius 2 is 1.81 bits per heavy atom. The van der Waals surface area contributed by atoms with Gasteiger partial charge in [0.05, 0.1) is 38.8 Å². The lowest BCUT2D eigenvalue weighted by Crippen LogP contribution is -2.45. The van der Waals surface area contributed by atoms with Gasteiger partial charge >= 0.3 is 5.69 Å². The Kier molecular flexibility index (Phi) is 9.46. The van der Waals surface area contributed by atoms with Gasteiger partial charge in [-0.15, -0.1) is 0 Å². The van der Waals surface area contributed by atoms with Crippen molar-refractivity contribution in [1.29, 1.82) is 0 Å². The smallest absolute Gasteiger partial charge is 0.330 e. The third kappa shape index (κ3) is 6.22. The third-order valence-corrected chi connectivity index (χ3v) is 7.32. The molecule has 6 N–H and O–H groups in total. The van der Waals surface area contributed by atoms with Crippen LogP contribution in [-0.4, -0.2) is 52.7 Å². The van der Waals surface area contributed by atoms with E-state index in [9.17, 15) is 14.8 Å². The van der Waals surface area contributed by atoms with Crippen LogP contribution in [0.3, 0.4) is 0 Å². The Hall–Kier alpha value is -4.75. The second-order valence-electron chi connectivity index (χ2n) is 10.2. The molecule has 0 aliphatic carbocycles. The van der Waals surface area contributed by atoms with E-state index in [1.54, 1.807) is 11.7 Å². The Balaban J connectivity index is 1.89. The van der Waals surface area contributed by atoms with Crippen LogP contribution in [-0.2, 0) is 29.0 Å². The topological polar surface area (TPSA) is 172 Å². The summed E-state index contributed by atoms with van der Waals surface area (Å²) in [6, 6.07) is 9.73. The number of methoxy groups -OCH3 is 2. The fraction of sp³-hybridized carbons (Fsp3) is 0.367. The quantitative estimate of drug-likeness (QED) is 0.0901. The molecule has 0 saturated heterocycles. The molecule has 4 rings (SSSR count). The van der Waals surface area contributed by atoms with Gasteiger partial charge in [0.25, 0.3) is 5.91 Å². The van der Waals surface area contributed by atoms with Gasteiger partial charge in [0.15, 0.2) is 17.2 Å². The normalized spacial score (nSPS) is 13.1. The molecule has 2 aromatic carbocycles. The number of hydroxylamine groups is 2. The summed E-state index contributed by atoms with van der Waals surface area (Å²) in [6.45, 7) is 8.41. The van der Waals surface area contributed by atoms with E-state index in [-0.39, 0.29) is 30.4 Å². The third-order valence-electron chi connectivity index (χ3n) is 7.32. The zero-order valence-corrected chi connectivity index (χ0v) is 25.4. The number of ether oxygens (including phenoxy) is 3. The molecule has 1 amide bonds. The van der Waals surface area contributed by atoms with Gasteiger partial charge < -0.3 is 25.4 Å². The van der Waals surface area contributed by atoms with Crippen LogP contribution in [0, 0.1) is 20.8 Å². The summed E-state index contributed by atoms with van der Waals surface area (Å²) in [4.78, 5) is 31.8. The second kappa shape index (κ2) is 13.0. The van der Waals surface area contributed by atoms with Crippen molar-refractivity contribution in [2.75, 3.05) is 27.4 Å². The maximum Gasteiger partial charge on any atom is 0.330 e. The standard InChI is InChI=1S/C30H39N7O6/c1-7-43-24-14-20-8-9-35-22(21(20)15-23(24)41-5)16-25(33-26-18(3)12-17(2)13-19(26)4)36(30(35)39)10-11-37(40)29(38)27(34-32)28(31)42-6/h12-16,34,40H,7-11,31-32H2,1-6H3/b28-27+,33-25?. The number of hydrogen-bond acceptors (Lipinski definition) is 10. The molecule has 13 nitrogen and oxygen atoms in total.